The average molecular weight is 881 g/mol. The number of carbonyl (C=O) groups excluding carboxylic acids is 5. The Morgan fingerprint density at radius 1 is 0.836 bits per heavy atom. The maximum Gasteiger partial charge on any atom is 0.416 e. The highest BCUT2D eigenvalue weighted by atomic mass is 35.5. The largest absolute Gasteiger partial charge is 0.493 e. The molecule has 1 aliphatic heterocycles. The first kappa shape index (κ1) is 44.4. The topological polar surface area (TPSA) is 200 Å². The van der Waals surface area contributed by atoms with E-state index in [9.17, 15) is 24.0 Å². The second-order valence-electron chi connectivity index (χ2n) is 14.0. The van der Waals surface area contributed by atoms with E-state index in [2.05, 4.69) is 15.3 Å². The highest BCUT2D eigenvalue weighted by molar-refractivity contribution is 6.31. The second-order valence-corrected chi connectivity index (χ2v) is 14.9. The van der Waals surface area contributed by atoms with Crippen LogP contribution in [0.2, 0.25) is 10.0 Å². The molecule has 19 heteroatoms. The Hall–Kier alpha value is -6.17. The molecule has 3 heterocycles. The lowest BCUT2D eigenvalue weighted by molar-refractivity contribution is -0.244. The third-order valence-corrected chi connectivity index (χ3v) is 9.88. The molecule has 0 bridgehead atoms. The van der Waals surface area contributed by atoms with Crippen molar-refractivity contribution in [3.8, 4) is 11.5 Å². The number of benzene rings is 3. The Kier molecular flexibility index (Phi) is 14.5. The van der Waals surface area contributed by atoms with E-state index >= 15 is 0 Å². The van der Waals surface area contributed by atoms with Gasteiger partial charge >= 0.3 is 30.0 Å². The van der Waals surface area contributed by atoms with Gasteiger partial charge in [-0.1, -0.05) is 40.5 Å². The van der Waals surface area contributed by atoms with E-state index in [0.717, 1.165) is 48.5 Å². The minimum Gasteiger partial charge on any atom is -0.493 e. The van der Waals surface area contributed by atoms with Crippen LogP contribution >= 0.6 is 23.2 Å². The van der Waals surface area contributed by atoms with Crippen LogP contribution in [-0.2, 0) is 55.7 Å². The fourth-order valence-electron chi connectivity index (χ4n) is 6.86. The van der Waals surface area contributed by atoms with Crippen LogP contribution in [0.4, 0.5) is 4.79 Å². The Balaban J connectivity index is 1.19. The van der Waals surface area contributed by atoms with Gasteiger partial charge in [0.1, 0.15) is 23.6 Å². The molecule has 17 nitrogen and oxygen atoms in total. The maximum absolute atomic E-state index is 13.7. The summed E-state index contributed by atoms with van der Waals surface area (Å²) < 4.78 is 40.1. The minimum atomic E-state index is -1.47. The summed E-state index contributed by atoms with van der Waals surface area (Å²) in [4.78, 5) is 66.5. The fourth-order valence-corrected chi connectivity index (χ4v) is 7.16. The number of carbonyl (C=O) groups is 5. The summed E-state index contributed by atoms with van der Waals surface area (Å²) in [5, 5.41) is 10.5. The molecule has 5 aromatic rings. The van der Waals surface area contributed by atoms with Crippen molar-refractivity contribution >= 4 is 64.1 Å². The SMILES string of the molecule is CC(=O)OCC(OC(C)=O)OC(C(OC(C)=O)C(C)OC(C)=O)n1cc(CCOc2ccc([C@H]3c4[nH]c5ccc(Cl)cc5c4CCN3C(=O)Oc3ccc(Cl)cc3)cc2)nn1. The number of nitrogens with zero attached hydrogens (tertiary/aromatic N) is 4. The van der Waals surface area contributed by atoms with Gasteiger partial charge in [0.05, 0.1) is 18.5 Å². The molecule has 322 valence electrons. The van der Waals surface area contributed by atoms with Crippen LogP contribution in [0.15, 0.2) is 72.9 Å². The van der Waals surface area contributed by atoms with E-state index in [4.69, 9.17) is 56.4 Å². The number of nitrogens with one attached hydrogen (secondary N) is 1. The smallest absolute Gasteiger partial charge is 0.416 e. The van der Waals surface area contributed by atoms with Gasteiger partial charge in [-0.3, -0.25) is 24.1 Å². The number of aromatic amines is 1. The number of hydrogen-bond acceptors (Lipinski definition) is 14. The van der Waals surface area contributed by atoms with E-state index in [1.807, 2.05) is 30.3 Å². The molecule has 0 saturated carbocycles. The first-order chi connectivity index (χ1) is 29.1. The molecule has 0 radical (unpaired) electrons. The zero-order valence-electron chi connectivity index (χ0n) is 33.8. The normalized spacial score (nSPS) is 15.5. The van der Waals surface area contributed by atoms with Crippen molar-refractivity contribution in [3.63, 3.8) is 0 Å². The summed E-state index contributed by atoms with van der Waals surface area (Å²) in [6, 6.07) is 19.0. The van der Waals surface area contributed by atoms with Crippen molar-refractivity contribution in [1.82, 2.24) is 24.9 Å². The number of hydrogen-bond donors (Lipinski definition) is 1. The number of rotatable bonds is 16. The van der Waals surface area contributed by atoms with Crippen molar-refractivity contribution < 1.29 is 57.1 Å². The Morgan fingerprint density at radius 3 is 2.18 bits per heavy atom. The number of amides is 1. The number of H-pyrrole nitrogens is 1. The molecule has 6 rings (SSSR count). The van der Waals surface area contributed by atoms with E-state index in [-0.39, 0.29) is 13.0 Å². The van der Waals surface area contributed by atoms with Gasteiger partial charge in [0.25, 0.3) is 0 Å². The highest BCUT2D eigenvalue weighted by Gasteiger charge is 2.39. The summed E-state index contributed by atoms with van der Waals surface area (Å²) >= 11 is 12.4. The molecule has 0 saturated heterocycles. The van der Waals surface area contributed by atoms with Gasteiger partial charge in [-0.2, -0.15) is 0 Å². The first-order valence-corrected chi connectivity index (χ1v) is 19.9. The van der Waals surface area contributed by atoms with Crippen LogP contribution in [0, 0.1) is 0 Å². The average Bonchev–Trinajstić information content (AvgIpc) is 3.83. The molecule has 1 amide bonds. The van der Waals surface area contributed by atoms with Gasteiger partial charge in [0.2, 0.25) is 6.29 Å². The Morgan fingerprint density at radius 2 is 1.51 bits per heavy atom. The lowest BCUT2D eigenvalue weighted by atomic mass is 9.92. The van der Waals surface area contributed by atoms with Gasteiger partial charge in [-0.05, 0) is 79.1 Å². The zero-order valence-corrected chi connectivity index (χ0v) is 35.3. The van der Waals surface area contributed by atoms with Gasteiger partial charge < -0.3 is 38.1 Å². The standard InChI is InChI=1S/C42H43Cl2N5O12/c1-23(57-25(3)51)40(59-27(5)53)41(61-37(58-26(4)52)22-56-24(2)50)49-21-31(46-47-49)17-19-55-32-11-6-28(7-12-32)39-38-34(35-20-30(44)10-15-36(35)45-38)16-18-48(39)42(54)60-33-13-8-29(43)9-14-33/h6-15,20-21,23,37,39-41,45H,16-19,22H2,1-5H3/t23?,37?,39-,40?,41?/m0/s1. The van der Waals surface area contributed by atoms with E-state index in [1.54, 1.807) is 41.3 Å². The molecule has 5 atom stereocenters. The van der Waals surface area contributed by atoms with Gasteiger partial charge in [0, 0.05) is 67.3 Å². The Labute approximate surface area is 360 Å². The van der Waals surface area contributed by atoms with Crippen LogP contribution in [0.1, 0.15) is 69.4 Å². The second kappa shape index (κ2) is 19.9. The molecule has 0 spiro atoms. The lowest BCUT2D eigenvalue weighted by Gasteiger charge is -2.35. The number of halogens is 2. The highest BCUT2D eigenvalue weighted by Crippen LogP contribution is 2.40. The molecule has 1 N–H and O–H groups in total. The predicted octanol–water partition coefficient (Wildman–Crippen LogP) is 6.69. The third-order valence-electron chi connectivity index (χ3n) is 9.39. The summed E-state index contributed by atoms with van der Waals surface area (Å²) in [7, 11) is 0. The molecule has 0 aliphatic carbocycles. The summed E-state index contributed by atoms with van der Waals surface area (Å²) in [6.07, 6.45) is -3.45. The molecule has 2 aromatic heterocycles. The maximum atomic E-state index is 13.7. The summed E-state index contributed by atoms with van der Waals surface area (Å²) in [5.74, 6) is -1.92. The van der Waals surface area contributed by atoms with Crippen molar-refractivity contribution in [3.05, 3.63) is 105 Å². The van der Waals surface area contributed by atoms with E-state index in [0.29, 0.717) is 40.2 Å². The molecule has 0 fully saturated rings. The fraction of sp³-hybridized carbons (Fsp3) is 0.357. The minimum absolute atomic E-state index is 0.152. The Bertz CT molecular complexity index is 2370. The predicted molar refractivity (Wildman–Crippen MR) is 218 cm³/mol. The zero-order chi connectivity index (χ0) is 43.8. The summed E-state index contributed by atoms with van der Waals surface area (Å²) in [5.41, 5.74) is 4.04. The van der Waals surface area contributed by atoms with Crippen LogP contribution in [-0.4, -0.2) is 93.1 Å². The van der Waals surface area contributed by atoms with Crippen LogP contribution in [0.3, 0.4) is 0 Å². The lowest BCUT2D eigenvalue weighted by Crippen LogP contribution is -2.43. The molecular weight excluding hydrogens is 837 g/mol. The molecular formula is C42H43Cl2N5O12. The van der Waals surface area contributed by atoms with Crippen LogP contribution < -0.4 is 9.47 Å². The van der Waals surface area contributed by atoms with E-state index in [1.165, 1.54) is 24.7 Å². The first-order valence-electron chi connectivity index (χ1n) is 19.1. The van der Waals surface area contributed by atoms with Crippen LogP contribution in [0.25, 0.3) is 10.9 Å². The molecule has 61 heavy (non-hydrogen) atoms. The van der Waals surface area contributed by atoms with Crippen molar-refractivity contribution in [2.75, 3.05) is 19.8 Å². The third kappa shape index (κ3) is 11.6. The quantitative estimate of drug-likeness (QED) is 0.0625. The van der Waals surface area contributed by atoms with Gasteiger partial charge in [-0.15, -0.1) is 5.10 Å². The number of esters is 4. The van der Waals surface area contributed by atoms with Crippen molar-refractivity contribution in [1.29, 1.82) is 0 Å². The summed E-state index contributed by atoms with van der Waals surface area (Å²) in [6.45, 7) is 6.14. The van der Waals surface area contributed by atoms with E-state index < -0.39 is 67.3 Å². The molecule has 3 aromatic carbocycles. The van der Waals surface area contributed by atoms with Gasteiger partial charge in [-0.25, -0.2) is 9.48 Å². The number of aromatic nitrogens is 4. The van der Waals surface area contributed by atoms with Crippen molar-refractivity contribution in [2.24, 2.45) is 0 Å². The van der Waals surface area contributed by atoms with Crippen molar-refractivity contribution in [2.45, 2.75) is 78.2 Å². The number of fused-ring (bicyclic) bond motifs is 3. The van der Waals surface area contributed by atoms with Crippen LogP contribution in [0.5, 0.6) is 11.5 Å². The van der Waals surface area contributed by atoms with Gasteiger partial charge in [0.15, 0.2) is 18.9 Å². The number of ether oxygens (including phenoxy) is 7. The molecule has 4 unspecified atom stereocenters. The monoisotopic (exact) mass is 879 g/mol. The molecule has 1 aliphatic rings.